The zero-order valence-electron chi connectivity index (χ0n) is 5.82. The molecular weight excluding hydrogens is 154 g/mol. The van der Waals surface area contributed by atoms with Crippen molar-refractivity contribution in [1.29, 1.82) is 0 Å². The highest BCUT2D eigenvalue weighted by atomic mass is 32.1. The summed E-state index contributed by atoms with van der Waals surface area (Å²) in [6, 6.07) is 10.9. The Morgan fingerprint density at radius 3 is 2.73 bits per heavy atom. The maximum atomic E-state index is 4.01. The minimum absolute atomic E-state index is 1.21. The number of rotatable bonds is 1. The Morgan fingerprint density at radius 1 is 1.27 bits per heavy atom. The average molecular weight is 160 g/mol. The fourth-order valence-electron chi connectivity index (χ4n) is 0.910. The highest BCUT2D eigenvalue weighted by Crippen LogP contribution is 2.21. The van der Waals surface area contributed by atoms with Crippen LogP contribution in [0.3, 0.4) is 0 Å². The molecule has 0 saturated carbocycles. The molecule has 0 N–H and O–H groups in total. The summed E-state index contributed by atoms with van der Waals surface area (Å²) < 4.78 is 0. The molecule has 1 nitrogen and oxygen atoms in total. The molecule has 11 heavy (non-hydrogen) atoms. The zero-order chi connectivity index (χ0) is 7.52. The van der Waals surface area contributed by atoms with Crippen LogP contribution in [0.25, 0.3) is 10.4 Å². The summed E-state index contributed by atoms with van der Waals surface area (Å²) in [6.45, 7) is 0. The van der Waals surface area contributed by atoms with Crippen LogP contribution < -0.4 is 0 Å². The SMILES string of the molecule is [c]1ccc(-c2cncs2)cc1. The predicted octanol–water partition coefficient (Wildman–Crippen LogP) is 2.61. The first-order valence-electron chi connectivity index (χ1n) is 3.32. The highest BCUT2D eigenvalue weighted by Gasteiger charge is 1.95. The third kappa shape index (κ3) is 1.30. The van der Waals surface area contributed by atoms with E-state index in [1.165, 1.54) is 10.4 Å². The first-order chi connectivity index (χ1) is 5.47. The van der Waals surface area contributed by atoms with Crippen LogP contribution >= 0.6 is 11.3 Å². The van der Waals surface area contributed by atoms with Crippen molar-refractivity contribution in [3.8, 4) is 10.4 Å². The summed E-state index contributed by atoms with van der Waals surface area (Å²) in [5, 5.41) is 0. The minimum atomic E-state index is 1.21. The maximum Gasteiger partial charge on any atom is 0.0797 e. The molecule has 0 saturated heterocycles. The molecule has 1 aromatic heterocycles. The van der Waals surface area contributed by atoms with Gasteiger partial charge >= 0.3 is 0 Å². The number of benzene rings is 1. The Kier molecular flexibility index (Phi) is 1.69. The fraction of sp³-hybridized carbons (Fsp3) is 0. The molecule has 2 heteroatoms. The summed E-state index contributed by atoms with van der Waals surface area (Å²) in [5.74, 6) is 0. The molecule has 0 aliphatic heterocycles. The van der Waals surface area contributed by atoms with Crippen LogP contribution in [-0.4, -0.2) is 4.98 Å². The predicted molar refractivity (Wildman–Crippen MR) is 46.4 cm³/mol. The van der Waals surface area contributed by atoms with Gasteiger partial charge in [-0.1, -0.05) is 24.3 Å². The van der Waals surface area contributed by atoms with E-state index < -0.39 is 0 Å². The normalized spacial score (nSPS) is 9.82. The molecule has 2 rings (SSSR count). The van der Waals surface area contributed by atoms with E-state index in [0.717, 1.165) is 0 Å². The number of aromatic nitrogens is 1. The lowest BCUT2D eigenvalue weighted by atomic mass is 10.2. The zero-order valence-corrected chi connectivity index (χ0v) is 6.64. The third-order valence-corrected chi connectivity index (χ3v) is 2.26. The van der Waals surface area contributed by atoms with Crippen molar-refractivity contribution in [3.05, 3.63) is 42.0 Å². The van der Waals surface area contributed by atoms with Crippen LogP contribution in [0, 0.1) is 6.07 Å². The smallest absolute Gasteiger partial charge is 0.0797 e. The van der Waals surface area contributed by atoms with Gasteiger partial charge in [0.25, 0.3) is 0 Å². The van der Waals surface area contributed by atoms with Crippen LogP contribution in [0.4, 0.5) is 0 Å². The summed E-state index contributed by atoms with van der Waals surface area (Å²) in [7, 11) is 0. The number of hydrogen-bond acceptors (Lipinski definition) is 2. The second kappa shape index (κ2) is 2.84. The molecule has 0 aliphatic rings. The standard InChI is InChI=1S/C9H6NS/c1-2-4-8(5-3-1)9-6-10-7-11-9/h2-7H. The van der Waals surface area contributed by atoms with Gasteiger partial charge in [-0.15, -0.1) is 11.3 Å². The summed E-state index contributed by atoms with van der Waals surface area (Å²) >= 11 is 1.65. The van der Waals surface area contributed by atoms with Crippen molar-refractivity contribution < 1.29 is 0 Å². The van der Waals surface area contributed by atoms with E-state index >= 15 is 0 Å². The molecule has 1 aromatic carbocycles. The van der Waals surface area contributed by atoms with Gasteiger partial charge in [0.15, 0.2) is 0 Å². The largest absolute Gasteiger partial charge is 0.252 e. The van der Waals surface area contributed by atoms with Crippen molar-refractivity contribution in [2.75, 3.05) is 0 Å². The van der Waals surface area contributed by atoms with E-state index in [2.05, 4.69) is 11.1 Å². The van der Waals surface area contributed by atoms with Gasteiger partial charge in [-0.2, -0.15) is 0 Å². The number of nitrogens with zero attached hydrogens (tertiary/aromatic N) is 1. The van der Waals surface area contributed by atoms with Gasteiger partial charge in [0.1, 0.15) is 0 Å². The topological polar surface area (TPSA) is 12.9 Å². The van der Waals surface area contributed by atoms with Crippen molar-refractivity contribution >= 4 is 11.3 Å². The van der Waals surface area contributed by atoms with Gasteiger partial charge in [0, 0.05) is 6.20 Å². The first-order valence-corrected chi connectivity index (χ1v) is 4.20. The lowest BCUT2D eigenvalue weighted by molar-refractivity contribution is 1.42. The molecule has 0 aliphatic carbocycles. The second-order valence-corrected chi connectivity index (χ2v) is 3.04. The molecule has 0 atom stereocenters. The number of thiazole rings is 1. The molecule has 0 amide bonds. The molecule has 1 radical (unpaired) electrons. The van der Waals surface area contributed by atoms with Crippen LogP contribution in [0.1, 0.15) is 0 Å². The Bertz CT molecular complexity index is 313. The Balaban J connectivity index is 2.46. The van der Waals surface area contributed by atoms with Crippen LogP contribution in [0.2, 0.25) is 0 Å². The molecule has 0 spiro atoms. The second-order valence-electron chi connectivity index (χ2n) is 2.15. The van der Waals surface area contributed by atoms with Gasteiger partial charge in [0.05, 0.1) is 10.4 Å². The van der Waals surface area contributed by atoms with Gasteiger partial charge in [-0.3, -0.25) is 4.98 Å². The minimum Gasteiger partial charge on any atom is -0.252 e. The van der Waals surface area contributed by atoms with E-state index in [1.54, 1.807) is 11.3 Å². The third-order valence-electron chi connectivity index (χ3n) is 1.44. The van der Waals surface area contributed by atoms with Crippen LogP contribution in [0.15, 0.2) is 36.0 Å². The van der Waals surface area contributed by atoms with E-state index in [-0.39, 0.29) is 0 Å². The van der Waals surface area contributed by atoms with E-state index in [9.17, 15) is 0 Å². The van der Waals surface area contributed by atoms with E-state index in [4.69, 9.17) is 0 Å². The lowest BCUT2D eigenvalue weighted by Crippen LogP contribution is -1.68. The van der Waals surface area contributed by atoms with Crippen LogP contribution in [-0.2, 0) is 0 Å². The fourth-order valence-corrected chi connectivity index (χ4v) is 1.54. The monoisotopic (exact) mass is 160 g/mol. The van der Waals surface area contributed by atoms with Gasteiger partial charge < -0.3 is 0 Å². The molecule has 2 aromatic rings. The maximum absolute atomic E-state index is 4.01. The van der Waals surface area contributed by atoms with Crippen molar-refractivity contribution in [2.45, 2.75) is 0 Å². The molecule has 0 bridgehead atoms. The van der Waals surface area contributed by atoms with E-state index in [1.807, 2.05) is 36.0 Å². The quantitative estimate of drug-likeness (QED) is 0.625. The lowest BCUT2D eigenvalue weighted by Gasteiger charge is -1.91. The van der Waals surface area contributed by atoms with E-state index in [0.29, 0.717) is 0 Å². The molecule has 53 valence electrons. The van der Waals surface area contributed by atoms with Crippen molar-refractivity contribution in [1.82, 2.24) is 4.98 Å². The van der Waals surface area contributed by atoms with Crippen LogP contribution in [0.5, 0.6) is 0 Å². The Morgan fingerprint density at radius 2 is 2.09 bits per heavy atom. The molecule has 1 heterocycles. The first kappa shape index (κ1) is 6.55. The number of hydrogen-bond donors (Lipinski definition) is 0. The average Bonchev–Trinajstić information content (AvgIpc) is 2.58. The summed E-state index contributed by atoms with van der Waals surface area (Å²) in [5.41, 5.74) is 3.05. The van der Waals surface area contributed by atoms with Gasteiger partial charge in [-0.25, -0.2) is 0 Å². The summed E-state index contributed by atoms with van der Waals surface area (Å²) in [4.78, 5) is 5.21. The van der Waals surface area contributed by atoms with Crippen molar-refractivity contribution in [3.63, 3.8) is 0 Å². The Hall–Kier alpha value is -1.15. The van der Waals surface area contributed by atoms with Crippen molar-refractivity contribution in [2.24, 2.45) is 0 Å². The van der Waals surface area contributed by atoms with Gasteiger partial charge in [-0.05, 0) is 11.6 Å². The highest BCUT2D eigenvalue weighted by molar-refractivity contribution is 7.13. The Labute approximate surface area is 69.3 Å². The molecular formula is C9H6NS. The summed E-state index contributed by atoms with van der Waals surface area (Å²) in [6.07, 6.45) is 1.88. The molecule has 0 fully saturated rings. The van der Waals surface area contributed by atoms with Gasteiger partial charge in [0.2, 0.25) is 0 Å². The molecule has 0 unspecified atom stereocenters.